The number of anilines is 1. The molecule has 0 radical (unpaired) electrons. The third-order valence-corrected chi connectivity index (χ3v) is 15.6. The Morgan fingerprint density at radius 3 is 2.13 bits per heavy atom. The highest BCUT2D eigenvalue weighted by molar-refractivity contribution is 6.82. The molecule has 1 amide bonds. The Kier molecular flexibility index (Phi) is 10.3. The van der Waals surface area contributed by atoms with Crippen LogP contribution in [0.15, 0.2) is 54.9 Å². The molecule has 1 aromatic carbocycles. The normalized spacial score (nSPS) is 13.1. The molecule has 8 nitrogen and oxygen atoms in total. The summed E-state index contributed by atoms with van der Waals surface area (Å²) in [6.45, 7) is 21.0. The maximum absolute atomic E-state index is 16.0. The Morgan fingerprint density at radius 2 is 1.61 bits per heavy atom. The number of aryl methyl sites for hydroxylation is 1. The molecule has 3 heterocycles. The van der Waals surface area contributed by atoms with Gasteiger partial charge in [-0.3, -0.25) is 4.90 Å². The number of nitrogens with zero attached hydrogens (tertiary/aromatic N) is 4. The van der Waals surface area contributed by atoms with Crippen molar-refractivity contribution in [3.8, 4) is 5.75 Å². The molecular formula is C36H49FN4O4Si. The molecule has 10 heteroatoms. The fraction of sp³-hybridized carbons (Fsp3) is 0.472. The van der Waals surface area contributed by atoms with E-state index in [4.69, 9.17) is 14.5 Å². The van der Waals surface area contributed by atoms with Crippen LogP contribution in [0.25, 0.3) is 11.0 Å². The molecular weight excluding hydrogens is 600 g/mol. The van der Waals surface area contributed by atoms with Crippen LogP contribution in [0.2, 0.25) is 16.6 Å². The fourth-order valence-electron chi connectivity index (χ4n) is 7.01. The summed E-state index contributed by atoms with van der Waals surface area (Å²) in [5.74, 6) is -0.115. The lowest BCUT2D eigenvalue weighted by atomic mass is 10.0. The predicted octanol–water partition coefficient (Wildman–Crippen LogP) is 8.93. The number of methoxy groups -OCH3 is 1. The van der Waals surface area contributed by atoms with Crippen molar-refractivity contribution in [3.05, 3.63) is 83.1 Å². The zero-order chi connectivity index (χ0) is 34.1. The second kappa shape index (κ2) is 13.5. The zero-order valence-corrected chi connectivity index (χ0v) is 30.1. The number of halogens is 1. The zero-order valence-electron chi connectivity index (χ0n) is 29.1. The van der Waals surface area contributed by atoms with Crippen molar-refractivity contribution in [2.45, 2.75) is 104 Å². The molecule has 0 bridgehead atoms. The van der Waals surface area contributed by atoms with E-state index < -0.39 is 32.0 Å². The molecule has 1 atom stereocenters. The van der Waals surface area contributed by atoms with E-state index in [0.29, 0.717) is 27.9 Å². The number of rotatable bonds is 10. The van der Waals surface area contributed by atoms with Gasteiger partial charge in [0.05, 0.1) is 13.7 Å². The van der Waals surface area contributed by atoms with Crippen LogP contribution in [0.5, 0.6) is 5.75 Å². The average molecular weight is 649 g/mol. The van der Waals surface area contributed by atoms with Crippen LogP contribution in [0.4, 0.5) is 15.0 Å². The Labute approximate surface area is 273 Å². The van der Waals surface area contributed by atoms with Crippen LogP contribution in [-0.4, -0.2) is 46.3 Å². The quantitative estimate of drug-likeness (QED) is 0.136. The first kappa shape index (κ1) is 35.1. The van der Waals surface area contributed by atoms with Crippen LogP contribution in [0.1, 0.15) is 90.7 Å². The van der Waals surface area contributed by atoms with Crippen molar-refractivity contribution in [2.24, 2.45) is 0 Å². The minimum absolute atomic E-state index is 0.0174. The summed E-state index contributed by atoms with van der Waals surface area (Å²) < 4.78 is 29.3. The summed E-state index contributed by atoms with van der Waals surface area (Å²) in [5.41, 5.74) is 3.53. The first-order valence-corrected chi connectivity index (χ1v) is 18.1. The summed E-state index contributed by atoms with van der Waals surface area (Å²) in [5, 5.41) is 12.6. The number of carbonyl (C=O) groups excluding carboxylic acids is 1. The van der Waals surface area contributed by atoms with E-state index in [9.17, 15) is 9.90 Å². The van der Waals surface area contributed by atoms with Crippen molar-refractivity contribution in [2.75, 3.05) is 12.0 Å². The van der Waals surface area contributed by atoms with Crippen molar-refractivity contribution in [1.82, 2.24) is 14.2 Å². The third-order valence-electron chi connectivity index (χ3n) is 8.84. The molecule has 3 aromatic heterocycles. The van der Waals surface area contributed by atoms with Gasteiger partial charge in [0.25, 0.3) is 0 Å². The number of aliphatic hydroxyl groups is 1. The number of carbonyl (C=O) groups is 1. The van der Waals surface area contributed by atoms with Crippen LogP contribution >= 0.6 is 0 Å². The standard InChI is InChI=1S/C36H49FN4O4Si/c1-22(2)46(23(3)4,24(5)6)41-21-30(29-18-25(7)19-38-34(29)41)32(42)28-16-17-31(39-33(28)37)40(35(43)45-36(8,9)10)20-26-12-14-27(44-11)15-13-26/h12-19,21-24,32,42H,20H2,1-11H3. The molecule has 0 saturated carbocycles. The van der Waals surface area contributed by atoms with E-state index in [2.05, 4.69) is 50.8 Å². The van der Waals surface area contributed by atoms with Gasteiger partial charge >= 0.3 is 6.09 Å². The van der Waals surface area contributed by atoms with E-state index >= 15 is 4.39 Å². The highest BCUT2D eigenvalue weighted by Gasteiger charge is 2.46. The smallest absolute Gasteiger partial charge is 0.416 e. The number of hydrogen-bond acceptors (Lipinski definition) is 6. The average Bonchev–Trinajstić information content (AvgIpc) is 3.33. The Balaban J connectivity index is 1.81. The Bertz CT molecular complexity index is 1660. The van der Waals surface area contributed by atoms with Crippen molar-refractivity contribution >= 4 is 31.2 Å². The maximum atomic E-state index is 16.0. The lowest BCUT2D eigenvalue weighted by molar-refractivity contribution is 0.0576. The van der Waals surface area contributed by atoms with Crippen LogP contribution < -0.4 is 9.64 Å². The van der Waals surface area contributed by atoms with Crippen molar-refractivity contribution in [1.29, 1.82) is 0 Å². The SMILES string of the molecule is COc1ccc(CN(C(=O)OC(C)(C)C)c2ccc(C(O)c3cn([Si](C(C)C)(C(C)C)C(C)C)c4ncc(C)cc34)c(F)n2)cc1. The number of fused-ring (bicyclic) bond motifs is 1. The fourth-order valence-corrected chi connectivity index (χ4v) is 13.6. The first-order valence-electron chi connectivity index (χ1n) is 16.0. The van der Waals surface area contributed by atoms with Gasteiger partial charge in [-0.15, -0.1) is 0 Å². The number of pyridine rings is 2. The monoisotopic (exact) mass is 648 g/mol. The molecule has 0 spiro atoms. The number of aliphatic hydroxyl groups excluding tert-OH is 1. The summed E-state index contributed by atoms with van der Waals surface area (Å²) in [4.78, 5) is 23.7. The van der Waals surface area contributed by atoms with Crippen LogP contribution in [0.3, 0.4) is 0 Å². The molecule has 1 unspecified atom stereocenters. The van der Waals surface area contributed by atoms with Gasteiger partial charge < -0.3 is 18.8 Å². The van der Waals surface area contributed by atoms with Gasteiger partial charge in [-0.05, 0) is 85.8 Å². The van der Waals surface area contributed by atoms with Crippen molar-refractivity contribution in [3.63, 3.8) is 0 Å². The molecule has 0 aliphatic heterocycles. The second-order valence-electron chi connectivity index (χ2n) is 14.1. The molecule has 4 aromatic rings. The van der Waals surface area contributed by atoms with E-state index in [1.807, 2.05) is 37.5 Å². The number of ether oxygens (including phenoxy) is 2. The Hall–Kier alpha value is -3.76. The predicted molar refractivity (Wildman–Crippen MR) is 185 cm³/mol. The summed E-state index contributed by atoms with van der Waals surface area (Å²) >= 11 is 0. The van der Waals surface area contributed by atoms with Gasteiger partial charge in [0.2, 0.25) is 5.95 Å². The minimum Gasteiger partial charge on any atom is -0.497 e. The van der Waals surface area contributed by atoms with E-state index in [1.54, 1.807) is 46.1 Å². The largest absolute Gasteiger partial charge is 0.497 e. The molecule has 0 aliphatic carbocycles. The van der Waals surface area contributed by atoms with E-state index in [1.165, 1.54) is 11.0 Å². The van der Waals surface area contributed by atoms with Crippen LogP contribution in [0, 0.1) is 12.9 Å². The molecule has 1 N–H and O–H groups in total. The van der Waals surface area contributed by atoms with Gasteiger partial charge in [-0.25, -0.2) is 14.8 Å². The summed E-state index contributed by atoms with van der Waals surface area (Å²) in [7, 11) is -0.676. The molecule has 46 heavy (non-hydrogen) atoms. The molecule has 0 aliphatic rings. The highest BCUT2D eigenvalue weighted by atomic mass is 28.3. The first-order chi connectivity index (χ1) is 21.5. The lowest BCUT2D eigenvalue weighted by Crippen LogP contribution is -2.51. The molecule has 0 fully saturated rings. The summed E-state index contributed by atoms with van der Waals surface area (Å²) in [6, 6.07) is 12.3. The number of aromatic nitrogens is 3. The number of amides is 1. The molecule has 4 rings (SSSR count). The minimum atomic E-state index is -2.26. The van der Waals surface area contributed by atoms with Gasteiger partial charge in [0.15, 0.2) is 8.24 Å². The topological polar surface area (TPSA) is 89.7 Å². The number of hydrogen-bond donors (Lipinski definition) is 1. The van der Waals surface area contributed by atoms with E-state index in [-0.39, 0.29) is 17.9 Å². The molecule has 248 valence electrons. The van der Waals surface area contributed by atoms with E-state index in [0.717, 1.165) is 22.2 Å². The Morgan fingerprint density at radius 1 is 1.00 bits per heavy atom. The number of benzene rings is 1. The highest BCUT2D eigenvalue weighted by Crippen LogP contribution is 2.45. The van der Waals surface area contributed by atoms with Gasteiger partial charge in [0, 0.05) is 28.9 Å². The lowest BCUT2D eigenvalue weighted by Gasteiger charge is -2.44. The van der Waals surface area contributed by atoms with Gasteiger partial charge in [-0.1, -0.05) is 53.7 Å². The van der Waals surface area contributed by atoms with Gasteiger partial charge in [0.1, 0.15) is 28.9 Å². The van der Waals surface area contributed by atoms with Crippen LogP contribution in [-0.2, 0) is 11.3 Å². The maximum Gasteiger partial charge on any atom is 0.416 e. The second-order valence-corrected chi connectivity index (χ2v) is 19.8. The van der Waals surface area contributed by atoms with Crippen molar-refractivity contribution < 1.29 is 23.8 Å². The molecule has 0 saturated heterocycles. The van der Waals surface area contributed by atoms with Gasteiger partial charge in [-0.2, -0.15) is 4.39 Å². The third kappa shape index (κ3) is 6.83. The summed E-state index contributed by atoms with van der Waals surface area (Å²) in [6.07, 6.45) is 1.88.